The van der Waals surface area contributed by atoms with E-state index >= 15 is 0 Å². The number of halogens is 2. The zero-order valence-electron chi connectivity index (χ0n) is 15.3. The fourth-order valence-corrected chi connectivity index (χ4v) is 3.37. The lowest BCUT2D eigenvalue weighted by molar-refractivity contribution is -0.117. The number of nitrogens with zero attached hydrogens (tertiary/aromatic N) is 3. The Balaban J connectivity index is 1.55. The number of hydrogen-bond acceptors (Lipinski definition) is 6. The van der Waals surface area contributed by atoms with Crippen molar-refractivity contribution in [2.45, 2.75) is 12.3 Å². The van der Waals surface area contributed by atoms with Crippen LogP contribution in [0, 0.1) is 5.82 Å². The molecule has 0 aliphatic carbocycles. The van der Waals surface area contributed by atoms with Crippen LogP contribution < -0.4 is 4.90 Å². The molecular weight excluding hydrogens is 401 g/mol. The molecule has 2 heterocycles. The van der Waals surface area contributed by atoms with Crippen LogP contribution in [0.5, 0.6) is 0 Å². The Morgan fingerprint density at radius 2 is 2.14 bits per heavy atom. The van der Waals surface area contributed by atoms with Crippen LogP contribution in [0.2, 0.25) is 5.02 Å². The standard InChI is InChI=1S/C20H15ClFN3O4/c1-28-20(27)12-4-2-3-11(7-12)19-23-18(24-29-19)13-8-17(26)25(10-13)14-5-6-16(22)15(21)9-14/h2-7,9,13H,8,10H2,1H3/t13-/m1/s1. The van der Waals surface area contributed by atoms with Crippen LogP contribution in [0.15, 0.2) is 47.0 Å². The maximum atomic E-state index is 13.4. The van der Waals surface area contributed by atoms with Crippen molar-refractivity contribution in [3.8, 4) is 11.5 Å². The van der Waals surface area contributed by atoms with Crippen LogP contribution in [0.1, 0.15) is 28.5 Å². The van der Waals surface area contributed by atoms with Crippen LogP contribution in [0.3, 0.4) is 0 Å². The fourth-order valence-electron chi connectivity index (χ4n) is 3.20. The maximum Gasteiger partial charge on any atom is 0.337 e. The van der Waals surface area contributed by atoms with E-state index in [-0.39, 0.29) is 29.2 Å². The van der Waals surface area contributed by atoms with Gasteiger partial charge in [-0.25, -0.2) is 9.18 Å². The van der Waals surface area contributed by atoms with Gasteiger partial charge in [-0.05, 0) is 36.4 Å². The highest BCUT2D eigenvalue weighted by molar-refractivity contribution is 6.31. The van der Waals surface area contributed by atoms with Crippen molar-refractivity contribution in [3.63, 3.8) is 0 Å². The Morgan fingerprint density at radius 1 is 1.31 bits per heavy atom. The summed E-state index contributed by atoms with van der Waals surface area (Å²) in [5, 5.41) is 3.95. The number of anilines is 1. The number of carbonyl (C=O) groups excluding carboxylic acids is 2. The minimum atomic E-state index is -0.546. The summed E-state index contributed by atoms with van der Waals surface area (Å²) in [7, 11) is 1.30. The molecule has 0 bridgehead atoms. The van der Waals surface area contributed by atoms with Crippen molar-refractivity contribution >= 4 is 29.2 Å². The molecule has 0 spiro atoms. The van der Waals surface area contributed by atoms with Gasteiger partial charge in [0, 0.05) is 30.1 Å². The Kier molecular flexibility index (Phi) is 5.02. The fraction of sp³-hybridized carbons (Fsp3) is 0.200. The van der Waals surface area contributed by atoms with Gasteiger partial charge in [-0.15, -0.1) is 0 Å². The van der Waals surface area contributed by atoms with Gasteiger partial charge in [0.1, 0.15) is 5.82 Å². The van der Waals surface area contributed by atoms with Gasteiger partial charge >= 0.3 is 5.97 Å². The molecule has 1 fully saturated rings. The van der Waals surface area contributed by atoms with E-state index in [1.54, 1.807) is 24.3 Å². The summed E-state index contributed by atoms with van der Waals surface area (Å²) >= 11 is 5.82. The minimum absolute atomic E-state index is 0.0499. The highest BCUT2D eigenvalue weighted by Crippen LogP contribution is 2.33. The number of benzene rings is 2. The lowest BCUT2D eigenvalue weighted by Crippen LogP contribution is -2.24. The molecule has 1 atom stereocenters. The van der Waals surface area contributed by atoms with Crippen LogP contribution in [-0.2, 0) is 9.53 Å². The zero-order chi connectivity index (χ0) is 20.5. The summed E-state index contributed by atoms with van der Waals surface area (Å²) in [6.07, 6.45) is 0.191. The summed E-state index contributed by atoms with van der Waals surface area (Å²) in [6, 6.07) is 10.8. The average Bonchev–Trinajstić information content (AvgIpc) is 3.36. The van der Waals surface area contributed by atoms with Crippen LogP contribution >= 0.6 is 11.6 Å². The van der Waals surface area contributed by atoms with Crippen LogP contribution in [-0.4, -0.2) is 35.7 Å². The third-order valence-corrected chi connectivity index (χ3v) is 4.97. The second-order valence-corrected chi connectivity index (χ2v) is 6.94. The molecule has 0 unspecified atom stereocenters. The summed E-state index contributed by atoms with van der Waals surface area (Å²) in [5.41, 5.74) is 1.44. The van der Waals surface area contributed by atoms with Gasteiger partial charge < -0.3 is 14.2 Å². The van der Waals surface area contributed by atoms with Crippen molar-refractivity contribution in [2.75, 3.05) is 18.6 Å². The molecule has 1 aromatic heterocycles. The molecule has 29 heavy (non-hydrogen) atoms. The van der Waals surface area contributed by atoms with Gasteiger partial charge in [-0.3, -0.25) is 4.79 Å². The van der Waals surface area contributed by atoms with Crippen LogP contribution in [0.25, 0.3) is 11.5 Å². The number of amides is 1. The highest BCUT2D eigenvalue weighted by Gasteiger charge is 2.35. The van der Waals surface area contributed by atoms with Gasteiger partial charge in [0.25, 0.3) is 5.89 Å². The van der Waals surface area contributed by atoms with E-state index in [1.165, 1.54) is 30.2 Å². The van der Waals surface area contributed by atoms with Gasteiger partial charge in [0.15, 0.2) is 5.82 Å². The molecule has 1 saturated heterocycles. The predicted molar refractivity (Wildman–Crippen MR) is 102 cm³/mol. The van der Waals surface area contributed by atoms with Crippen LogP contribution in [0.4, 0.5) is 10.1 Å². The average molecular weight is 416 g/mol. The van der Waals surface area contributed by atoms with E-state index in [0.29, 0.717) is 29.2 Å². The number of ether oxygens (including phenoxy) is 1. The first-order valence-electron chi connectivity index (χ1n) is 8.74. The molecule has 148 valence electrons. The van der Waals surface area contributed by atoms with E-state index in [1.807, 2.05) is 0 Å². The largest absolute Gasteiger partial charge is 0.465 e. The van der Waals surface area contributed by atoms with Gasteiger partial charge in [0.05, 0.1) is 17.7 Å². The summed E-state index contributed by atoms with van der Waals surface area (Å²) in [6.45, 7) is 0.321. The Hall–Kier alpha value is -3.26. The van der Waals surface area contributed by atoms with Crippen molar-refractivity contribution in [3.05, 3.63) is 64.7 Å². The van der Waals surface area contributed by atoms with Crippen molar-refractivity contribution in [2.24, 2.45) is 0 Å². The first-order valence-corrected chi connectivity index (χ1v) is 9.12. The lowest BCUT2D eigenvalue weighted by atomic mass is 10.1. The van der Waals surface area contributed by atoms with E-state index in [9.17, 15) is 14.0 Å². The number of methoxy groups -OCH3 is 1. The Labute approximate surface area is 170 Å². The molecule has 7 nitrogen and oxygen atoms in total. The van der Waals surface area contributed by atoms with Crippen molar-refractivity contribution in [1.82, 2.24) is 10.1 Å². The third-order valence-electron chi connectivity index (χ3n) is 4.68. The first kappa shape index (κ1) is 19.1. The lowest BCUT2D eigenvalue weighted by Gasteiger charge is -2.16. The first-order chi connectivity index (χ1) is 14.0. The molecule has 1 aliphatic rings. The minimum Gasteiger partial charge on any atom is -0.465 e. The van der Waals surface area contributed by atoms with E-state index in [4.69, 9.17) is 20.9 Å². The molecular formula is C20H15ClFN3O4. The maximum absolute atomic E-state index is 13.4. The highest BCUT2D eigenvalue weighted by atomic mass is 35.5. The summed E-state index contributed by atoms with van der Waals surface area (Å²) < 4.78 is 23.4. The van der Waals surface area contributed by atoms with Gasteiger partial charge in [-0.1, -0.05) is 22.8 Å². The van der Waals surface area contributed by atoms with Gasteiger partial charge in [0.2, 0.25) is 5.91 Å². The topological polar surface area (TPSA) is 85.5 Å². The molecule has 2 aromatic carbocycles. The monoisotopic (exact) mass is 415 g/mol. The van der Waals surface area contributed by atoms with Gasteiger partial charge in [-0.2, -0.15) is 4.98 Å². The van der Waals surface area contributed by atoms with Crippen molar-refractivity contribution in [1.29, 1.82) is 0 Å². The quantitative estimate of drug-likeness (QED) is 0.602. The molecule has 0 radical (unpaired) electrons. The number of rotatable bonds is 4. The molecule has 1 amide bonds. The molecule has 4 rings (SSSR count). The molecule has 0 N–H and O–H groups in total. The number of esters is 1. The van der Waals surface area contributed by atoms with Crippen molar-refractivity contribution < 1.29 is 23.2 Å². The Bertz CT molecular complexity index is 1100. The summed E-state index contributed by atoms with van der Waals surface area (Å²) in [5.74, 6) is -0.824. The number of hydrogen-bond donors (Lipinski definition) is 0. The normalized spacial score (nSPS) is 16.3. The Morgan fingerprint density at radius 3 is 2.90 bits per heavy atom. The van der Waals surface area contributed by atoms with E-state index in [2.05, 4.69) is 10.1 Å². The molecule has 1 aliphatic heterocycles. The SMILES string of the molecule is COC(=O)c1cccc(-c2nc([C@@H]3CC(=O)N(c4ccc(F)c(Cl)c4)C3)no2)c1. The van der Waals surface area contributed by atoms with E-state index in [0.717, 1.165) is 0 Å². The second-order valence-electron chi connectivity index (χ2n) is 6.53. The molecule has 9 heteroatoms. The number of aromatic nitrogens is 2. The third kappa shape index (κ3) is 3.71. The molecule has 0 saturated carbocycles. The molecule has 3 aromatic rings. The zero-order valence-corrected chi connectivity index (χ0v) is 16.0. The summed E-state index contributed by atoms with van der Waals surface area (Å²) in [4.78, 5) is 30.0. The second kappa shape index (κ2) is 7.63. The number of carbonyl (C=O) groups is 2. The smallest absolute Gasteiger partial charge is 0.337 e. The van der Waals surface area contributed by atoms with E-state index < -0.39 is 11.8 Å². The predicted octanol–water partition coefficient (Wildman–Crippen LogP) is 3.84.